The maximum Gasteiger partial charge on any atom is 0.0945 e. The SMILES string of the molecule is CC(NCCCn1ccnc1)C1CCN(C)CC1. The molecule has 0 radical (unpaired) electrons. The molecule has 0 aromatic carbocycles. The van der Waals surface area contributed by atoms with E-state index in [1.165, 1.54) is 32.4 Å². The van der Waals surface area contributed by atoms with E-state index in [1.54, 1.807) is 0 Å². The van der Waals surface area contributed by atoms with Crippen molar-refractivity contribution in [2.75, 3.05) is 26.7 Å². The minimum atomic E-state index is 0.654. The summed E-state index contributed by atoms with van der Waals surface area (Å²) < 4.78 is 2.14. The molecule has 4 nitrogen and oxygen atoms in total. The first-order valence-electron chi connectivity index (χ1n) is 7.13. The summed E-state index contributed by atoms with van der Waals surface area (Å²) in [7, 11) is 2.22. The lowest BCUT2D eigenvalue weighted by atomic mass is 9.90. The molecule has 0 aliphatic carbocycles. The molecule has 1 aromatic heterocycles. The van der Waals surface area contributed by atoms with Crippen LogP contribution in [0.15, 0.2) is 18.7 Å². The molecule has 1 aromatic rings. The van der Waals surface area contributed by atoms with Crippen LogP contribution in [0, 0.1) is 5.92 Å². The largest absolute Gasteiger partial charge is 0.337 e. The first-order valence-corrected chi connectivity index (χ1v) is 7.13. The number of nitrogens with one attached hydrogen (secondary N) is 1. The monoisotopic (exact) mass is 250 g/mol. The van der Waals surface area contributed by atoms with Gasteiger partial charge in [0.1, 0.15) is 0 Å². The van der Waals surface area contributed by atoms with Gasteiger partial charge in [0.2, 0.25) is 0 Å². The van der Waals surface area contributed by atoms with E-state index in [0.29, 0.717) is 6.04 Å². The minimum absolute atomic E-state index is 0.654. The molecular weight excluding hydrogens is 224 g/mol. The fraction of sp³-hybridized carbons (Fsp3) is 0.786. The number of rotatable bonds is 6. The molecule has 0 amide bonds. The third kappa shape index (κ3) is 4.10. The number of imidazole rings is 1. The summed E-state index contributed by atoms with van der Waals surface area (Å²) in [6, 6.07) is 0.654. The summed E-state index contributed by atoms with van der Waals surface area (Å²) in [5.74, 6) is 0.856. The van der Waals surface area contributed by atoms with Crippen LogP contribution in [0.2, 0.25) is 0 Å². The Balaban J connectivity index is 1.58. The van der Waals surface area contributed by atoms with Gasteiger partial charge < -0.3 is 14.8 Å². The molecule has 2 heterocycles. The molecule has 1 aliphatic heterocycles. The van der Waals surface area contributed by atoms with Crippen molar-refractivity contribution in [3.63, 3.8) is 0 Å². The quantitative estimate of drug-likeness (QED) is 0.778. The average Bonchev–Trinajstić information content (AvgIpc) is 2.88. The third-order valence-electron chi connectivity index (χ3n) is 4.09. The number of likely N-dealkylation sites (tertiary alicyclic amines) is 1. The van der Waals surface area contributed by atoms with Gasteiger partial charge in [-0.2, -0.15) is 0 Å². The molecule has 4 heteroatoms. The summed E-state index contributed by atoms with van der Waals surface area (Å²) in [5.41, 5.74) is 0. The normalized spacial score (nSPS) is 20.1. The highest BCUT2D eigenvalue weighted by molar-refractivity contribution is 4.78. The molecule has 1 N–H and O–H groups in total. The van der Waals surface area contributed by atoms with Gasteiger partial charge in [0, 0.05) is 25.0 Å². The predicted octanol–water partition coefficient (Wildman–Crippen LogP) is 1.59. The summed E-state index contributed by atoms with van der Waals surface area (Å²) in [6.07, 6.45) is 9.61. The van der Waals surface area contributed by atoms with Crippen molar-refractivity contribution in [2.45, 2.75) is 38.8 Å². The zero-order chi connectivity index (χ0) is 12.8. The molecule has 1 aliphatic rings. The van der Waals surface area contributed by atoms with Crippen molar-refractivity contribution in [1.29, 1.82) is 0 Å². The summed E-state index contributed by atoms with van der Waals surface area (Å²) >= 11 is 0. The van der Waals surface area contributed by atoms with Crippen molar-refractivity contribution in [2.24, 2.45) is 5.92 Å². The van der Waals surface area contributed by atoms with Crippen LogP contribution in [0.4, 0.5) is 0 Å². The van der Waals surface area contributed by atoms with Crippen LogP contribution < -0.4 is 5.32 Å². The van der Waals surface area contributed by atoms with Crippen molar-refractivity contribution >= 4 is 0 Å². The van der Waals surface area contributed by atoms with Gasteiger partial charge >= 0.3 is 0 Å². The van der Waals surface area contributed by atoms with Crippen LogP contribution in [-0.2, 0) is 6.54 Å². The summed E-state index contributed by atoms with van der Waals surface area (Å²) in [4.78, 5) is 6.49. The predicted molar refractivity (Wildman–Crippen MR) is 74.5 cm³/mol. The number of aryl methyl sites for hydroxylation is 1. The standard InChI is InChI=1S/C14H26N4/c1-13(14-4-9-17(2)10-5-14)16-6-3-8-18-11-7-15-12-18/h7,11-14,16H,3-6,8-10H2,1-2H3. The fourth-order valence-electron chi connectivity index (χ4n) is 2.71. The lowest BCUT2D eigenvalue weighted by Crippen LogP contribution is -2.41. The molecule has 1 saturated heterocycles. The second-order valence-corrected chi connectivity index (χ2v) is 5.54. The third-order valence-corrected chi connectivity index (χ3v) is 4.09. The Hall–Kier alpha value is -0.870. The van der Waals surface area contributed by atoms with Crippen molar-refractivity contribution < 1.29 is 0 Å². The Morgan fingerprint density at radius 3 is 2.83 bits per heavy atom. The van der Waals surface area contributed by atoms with Gasteiger partial charge in [0.15, 0.2) is 0 Å². The highest BCUT2D eigenvalue weighted by Crippen LogP contribution is 2.19. The molecule has 18 heavy (non-hydrogen) atoms. The first kappa shape index (κ1) is 13.6. The van der Waals surface area contributed by atoms with Crippen molar-refractivity contribution in [1.82, 2.24) is 19.8 Å². The minimum Gasteiger partial charge on any atom is -0.337 e. The smallest absolute Gasteiger partial charge is 0.0945 e. The average molecular weight is 250 g/mol. The van der Waals surface area contributed by atoms with Crippen LogP contribution in [0.5, 0.6) is 0 Å². The Bertz CT molecular complexity index is 315. The van der Waals surface area contributed by atoms with E-state index in [4.69, 9.17) is 0 Å². The highest BCUT2D eigenvalue weighted by atomic mass is 15.1. The Kier molecular flexibility index (Phi) is 5.20. The van der Waals surface area contributed by atoms with Crippen molar-refractivity contribution in [3.05, 3.63) is 18.7 Å². The van der Waals surface area contributed by atoms with E-state index in [1.807, 2.05) is 18.7 Å². The van der Waals surface area contributed by atoms with Crippen LogP contribution in [0.1, 0.15) is 26.2 Å². The Labute approximate surface area is 110 Å². The van der Waals surface area contributed by atoms with E-state index >= 15 is 0 Å². The van der Waals surface area contributed by atoms with Crippen LogP contribution in [0.3, 0.4) is 0 Å². The first-order chi connectivity index (χ1) is 8.75. The fourth-order valence-corrected chi connectivity index (χ4v) is 2.71. The van der Waals surface area contributed by atoms with E-state index in [2.05, 4.69) is 33.7 Å². The van der Waals surface area contributed by atoms with Gasteiger partial charge in [0.05, 0.1) is 6.33 Å². The topological polar surface area (TPSA) is 33.1 Å². The van der Waals surface area contributed by atoms with E-state index in [-0.39, 0.29) is 0 Å². The number of aromatic nitrogens is 2. The molecule has 2 rings (SSSR count). The highest BCUT2D eigenvalue weighted by Gasteiger charge is 2.21. The summed E-state index contributed by atoms with van der Waals surface area (Å²) in [5, 5.41) is 3.68. The molecule has 1 unspecified atom stereocenters. The van der Waals surface area contributed by atoms with E-state index in [9.17, 15) is 0 Å². The molecule has 1 atom stereocenters. The van der Waals surface area contributed by atoms with Crippen LogP contribution in [-0.4, -0.2) is 47.2 Å². The van der Waals surface area contributed by atoms with Crippen LogP contribution in [0.25, 0.3) is 0 Å². The number of piperidine rings is 1. The maximum absolute atomic E-state index is 4.05. The lowest BCUT2D eigenvalue weighted by molar-refractivity contribution is 0.190. The lowest BCUT2D eigenvalue weighted by Gasteiger charge is -2.33. The molecule has 0 bridgehead atoms. The Morgan fingerprint density at radius 2 is 2.17 bits per heavy atom. The number of hydrogen-bond donors (Lipinski definition) is 1. The molecule has 0 saturated carbocycles. The van der Waals surface area contributed by atoms with Gasteiger partial charge in [0.25, 0.3) is 0 Å². The van der Waals surface area contributed by atoms with Gasteiger partial charge in [-0.3, -0.25) is 0 Å². The number of nitrogens with zero attached hydrogens (tertiary/aromatic N) is 3. The number of hydrogen-bond acceptors (Lipinski definition) is 3. The van der Waals surface area contributed by atoms with Crippen LogP contribution >= 0.6 is 0 Å². The summed E-state index contributed by atoms with van der Waals surface area (Å²) in [6.45, 7) is 7.02. The molecule has 0 spiro atoms. The molecular formula is C14H26N4. The molecule has 102 valence electrons. The van der Waals surface area contributed by atoms with E-state index < -0.39 is 0 Å². The molecule has 1 fully saturated rings. The maximum atomic E-state index is 4.05. The van der Waals surface area contributed by atoms with Crippen molar-refractivity contribution in [3.8, 4) is 0 Å². The van der Waals surface area contributed by atoms with Gasteiger partial charge in [-0.1, -0.05) is 0 Å². The zero-order valence-electron chi connectivity index (χ0n) is 11.7. The van der Waals surface area contributed by atoms with Gasteiger partial charge in [-0.25, -0.2) is 4.98 Å². The van der Waals surface area contributed by atoms with E-state index in [0.717, 1.165) is 19.0 Å². The second kappa shape index (κ2) is 6.90. The zero-order valence-corrected chi connectivity index (χ0v) is 11.7. The second-order valence-electron chi connectivity index (χ2n) is 5.54. The van der Waals surface area contributed by atoms with Gasteiger partial charge in [-0.05, 0) is 58.8 Å². The van der Waals surface area contributed by atoms with Gasteiger partial charge in [-0.15, -0.1) is 0 Å². The Morgan fingerprint density at radius 1 is 1.39 bits per heavy atom.